The number of benzene rings is 1. The number of ether oxygens (including phenoxy) is 2. The van der Waals surface area contributed by atoms with E-state index < -0.39 is 5.60 Å². The Kier molecular flexibility index (Phi) is 5.75. The maximum atomic E-state index is 12.5. The molecular formula is C16H21BrClNO3. The van der Waals surface area contributed by atoms with Gasteiger partial charge < -0.3 is 14.8 Å². The van der Waals surface area contributed by atoms with E-state index in [1.54, 1.807) is 26.0 Å². The Morgan fingerprint density at radius 2 is 2.27 bits per heavy atom. The summed E-state index contributed by atoms with van der Waals surface area (Å²) in [6.07, 6.45) is 2.09. The molecule has 1 heterocycles. The van der Waals surface area contributed by atoms with Crippen molar-refractivity contribution in [1.29, 1.82) is 0 Å². The van der Waals surface area contributed by atoms with Crippen LogP contribution in [0, 0.1) is 0 Å². The smallest absolute Gasteiger partial charge is 0.263 e. The SMILES string of the molecule is CC(NC(=O)C(C)(C)Oc1ccc(Br)cc1Cl)C1CCCO1. The lowest BCUT2D eigenvalue weighted by Gasteiger charge is -2.29. The summed E-state index contributed by atoms with van der Waals surface area (Å²) in [6, 6.07) is 5.26. The van der Waals surface area contributed by atoms with Crippen LogP contribution in [-0.4, -0.2) is 30.3 Å². The van der Waals surface area contributed by atoms with Crippen LogP contribution in [-0.2, 0) is 9.53 Å². The Hall–Kier alpha value is -0.780. The topological polar surface area (TPSA) is 47.6 Å². The van der Waals surface area contributed by atoms with E-state index in [9.17, 15) is 4.79 Å². The molecule has 1 N–H and O–H groups in total. The molecule has 1 aliphatic rings. The lowest BCUT2D eigenvalue weighted by molar-refractivity contribution is -0.135. The van der Waals surface area contributed by atoms with Crippen LogP contribution in [0.4, 0.5) is 0 Å². The standard InChI is InChI=1S/C16H21BrClNO3/c1-10(13-5-4-8-21-13)19-15(20)16(2,3)22-14-7-6-11(17)9-12(14)18/h6-7,9-10,13H,4-5,8H2,1-3H3,(H,19,20). The molecule has 1 aromatic carbocycles. The summed E-state index contributed by atoms with van der Waals surface area (Å²) in [6.45, 7) is 6.17. The summed E-state index contributed by atoms with van der Waals surface area (Å²) in [5, 5.41) is 3.43. The Balaban J connectivity index is 2.00. The fourth-order valence-corrected chi connectivity index (χ4v) is 3.06. The predicted octanol–water partition coefficient (Wildman–Crippen LogP) is 3.94. The van der Waals surface area contributed by atoms with E-state index >= 15 is 0 Å². The third-order valence-corrected chi connectivity index (χ3v) is 4.48. The van der Waals surface area contributed by atoms with E-state index in [-0.39, 0.29) is 18.1 Å². The minimum atomic E-state index is -1.02. The van der Waals surface area contributed by atoms with Crippen molar-refractivity contribution in [3.05, 3.63) is 27.7 Å². The van der Waals surface area contributed by atoms with Crippen LogP contribution in [0.3, 0.4) is 0 Å². The van der Waals surface area contributed by atoms with Gasteiger partial charge in [0.2, 0.25) is 0 Å². The van der Waals surface area contributed by atoms with Crippen LogP contribution in [0.25, 0.3) is 0 Å². The number of nitrogens with one attached hydrogen (secondary N) is 1. The third-order valence-electron chi connectivity index (χ3n) is 3.69. The average Bonchev–Trinajstić information content (AvgIpc) is 2.96. The molecule has 0 spiro atoms. The number of halogens is 2. The van der Waals surface area contributed by atoms with E-state index in [2.05, 4.69) is 21.2 Å². The van der Waals surface area contributed by atoms with Crippen molar-refractivity contribution >= 4 is 33.4 Å². The molecule has 0 aliphatic carbocycles. The van der Waals surface area contributed by atoms with E-state index in [4.69, 9.17) is 21.1 Å². The molecule has 1 aliphatic heterocycles. The maximum absolute atomic E-state index is 12.5. The molecule has 6 heteroatoms. The van der Waals surface area contributed by atoms with Gasteiger partial charge in [0.05, 0.1) is 17.2 Å². The zero-order valence-corrected chi connectivity index (χ0v) is 15.3. The van der Waals surface area contributed by atoms with Gasteiger partial charge in [-0.05, 0) is 51.8 Å². The lowest BCUT2D eigenvalue weighted by Crippen LogP contribution is -2.52. The Bertz CT molecular complexity index is 544. The second kappa shape index (κ2) is 7.20. The second-order valence-corrected chi connectivity index (χ2v) is 7.32. The molecule has 22 heavy (non-hydrogen) atoms. The summed E-state index contributed by atoms with van der Waals surface area (Å²) in [7, 11) is 0. The van der Waals surface area contributed by atoms with Gasteiger partial charge in [-0.15, -0.1) is 0 Å². The van der Waals surface area contributed by atoms with Crippen LogP contribution in [0.1, 0.15) is 33.6 Å². The van der Waals surface area contributed by atoms with Crippen molar-refractivity contribution in [2.75, 3.05) is 6.61 Å². The second-order valence-electron chi connectivity index (χ2n) is 6.00. The number of hydrogen-bond donors (Lipinski definition) is 1. The highest BCUT2D eigenvalue weighted by molar-refractivity contribution is 9.10. The summed E-state index contributed by atoms with van der Waals surface area (Å²) in [4.78, 5) is 12.5. The van der Waals surface area contributed by atoms with Gasteiger partial charge >= 0.3 is 0 Å². The summed E-state index contributed by atoms with van der Waals surface area (Å²) < 4.78 is 12.3. The normalized spacial score (nSPS) is 19.8. The molecule has 1 saturated heterocycles. The number of hydrogen-bond acceptors (Lipinski definition) is 3. The van der Waals surface area contributed by atoms with Crippen molar-refractivity contribution in [2.24, 2.45) is 0 Å². The van der Waals surface area contributed by atoms with Gasteiger partial charge in [-0.25, -0.2) is 0 Å². The van der Waals surface area contributed by atoms with Crippen molar-refractivity contribution in [3.63, 3.8) is 0 Å². The van der Waals surface area contributed by atoms with E-state index in [0.717, 1.165) is 23.9 Å². The van der Waals surface area contributed by atoms with Gasteiger partial charge in [0.1, 0.15) is 5.75 Å². The molecule has 0 radical (unpaired) electrons. The van der Waals surface area contributed by atoms with Crippen molar-refractivity contribution in [1.82, 2.24) is 5.32 Å². The zero-order valence-electron chi connectivity index (χ0n) is 13.0. The highest BCUT2D eigenvalue weighted by Crippen LogP contribution is 2.30. The highest BCUT2D eigenvalue weighted by Gasteiger charge is 2.33. The first-order chi connectivity index (χ1) is 10.3. The molecule has 122 valence electrons. The number of carbonyl (C=O) groups is 1. The number of carbonyl (C=O) groups excluding carboxylic acids is 1. The fourth-order valence-electron chi connectivity index (χ4n) is 2.35. The quantitative estimate of drug-likeness (QED) is 0.828. The number of amides is 1. The molecule has 0 saturated carbocycles. The molecule has 1 amide bonds. The minimum Gasteiger partial charge on any atom is -0.476 e. The predicted molar refractivity (Wildman–Crippen MR) is 90.4 cm³/mol. The van der Waals surface area contributed by atoms with Gasteiger partial charge in [-0.1, -0.05) is 27.5 Å². The van der Waals surface area contributed by atoms with Crippen LogP contribution < -0.4 is 10.1 Å². The van der Waals surface area contributed by atoms with E-state index in [1.807, 2.05) is 13.0 Å². The summed E-state index contributed by atoms with van der Waals surface area (Å²) in [5.74, 6) is 0.296. The van der Waals surface area contributed by atoms with E-state index in [0.29, 0.717) is 10.8 Å². The maximum Gasteiger partial charge on any atom is 0.263 e. The monoisotopic (exact) mass is 389 g/mol. The molecule has 2 unspecified atom stereocenters. The molecule has 1 fully saturated rings. The molecule has 2 atom stereocenters. The van der Waals surface area contributed by atoms with Gasteiger partial charge in [-0.3, -0.25) is 4.79 Å². The van der Waals surface area contributed by atoms with Crippen molar-refractivity contribution in [2.45, 2.75) is 51.4 Å². The number of rotatable bonds is 5. The first-order valence-corrected chi connectivity index (χ1v) is 8.53. The third kappa shape index (κ3) is 4.37. The Morgan fingerprint density at radius 3 is 2.86 bits per heavy atom. The molecule has 1 aromatic rings. The first-order valence-electron chi connectivity index (χ1n) is 7.36. The molecule has 4 nitrogen and oxygen atoms in total. The Morgan fingerprint density at radius 1 is 1.55 bits per heavy atom. The summed E-state index contributed by atoms with van der Waals surface area (Å²) >= 11 is 9.48. The fraction of sp³-hybridized carbons (Fsp3) is 0.562. The van der Waals surface area contributed by atoms with Crippen LogP contribution in [0.15, 0.2) is 22.7 Å². The van der Waals surface area contributed by atoms with Gasteiger partial charge in [0, 0.05) is 11.1 Å². The minimum absolute atomic E-state index is 0.0433. The largest absolute Gasteiger partial charge is 0.476 e. The molecule has 2 rings (SSSR count). The first kappa shape index (κ1) is 17.6. The Labute approximate surface area is 144 Å². The highest BCUT2D eigenvalue weighted by atomic mass is 79.9. The van der Waals surface area contributed by atoms with Crippen molar-refractivity contribution < 1.29 is 14.3 Å². The van der Waals surface area contributed by atoms with Gasteiger partial charge in [0.15, 0.2) is 5.60 Å². The molecule has 0 aromatic heterocycles. The average molecular weight is 391 g/mol. The van der Waals surface area contributed by atoms with Crippen LogP contribution in [0.5, 0.6) is 5.75 Å². The van der Waals surface area contributed by atoms with Gasteiger partial charge in [-0.2, -0.15) is 0 Å². The molecule has 0 bridgehead atoms. The van der Waals surface area contributed by atoms with Gasteiger partial charge in [0.25, 0.3) is 5.91 Å². The van der Waals surface area contributed by atoms with Crippen molar-refractivity contribution in [3.8, 4) is 5.75 Å². The van der Waals surface area contributed by atoms with Crippen LogP contribution in [0.2, 0.25) is 5.02 Å². The van der Waals surface area contributed by atoms with Crippen LogP contribution >= 0.6 is 27.5 Å². The zero-order chi connectivity index (χ0) is 16.3. The molecular weight excluding hydrogens is 370 g/mol. The lowest BCUT2D eigenvalue weighted by atomic mass is 10.1. The summed E-state index contributed by atoms with van der Waals surface area (Å²) in [5.41, 5.74) is -1.02. The van der Waals surface area contributed by atoms with E-state index in [1.165, 1.54) is 0 Å².